The Labute approximate surface area is 168 Å². The second-order valence-corrected chi connectivity index (χ2v) is 9.69. The number of hydrogen-bond donors (Lipinski definition) is 1. The summed E-state index contributed by atoms with van der Waals surface area (Å²) < 4.78 is 33.3. The van der Waals surface area contributed by atoms with Gasteiger partial charge in [0.1, 0.15) is 9.96 Å². The van der Waals surface area contributed by atoms with Crippen LogP contribution in [0.1, 0.15) is 19.8 Å². The van der Waals surface area contributed by atoms with E-state index in [1.807, 2.05) is 0 Å². The van der Waals surface area contributed by atoms with Crippen LogP contribution in [0, 0.1) is 0 Å². The molecule has 1 aliphatic heterocycles. The average Bonchev–Trinajstić information content (AvgIpc) is 3.19. The van der Waals surface area contributed by atoms with E-state index in [2.05, 4.69) is 4.72 Å². The van der Waals surface area contributed by atoms with Gasteiger partial charge < -0.3 is 9.64 Å². The second kappa shape index (κ2) is 8.60. The van der Waals surface area contributed by atoms with E-state index in [4.69, 9.17) is 16.3 Å². The summed E-state index contributed by atoms with van der Waals surface area (Å²) in [5, 5.41) is 2.34. The van der Waals surface area contributed by atoms with Crippen LogP contribution in [0.3, 0.4) is 0 Å². The molecule has 2 heterocycles. The fourth-order valence-electron chi connectivity index (χ4n) is 2.94. The van der Waals surface area contributed by atoms with Crippen molar-refractivity contribution < 1.29 is 17.9 Å². The smallest absolute Gasteiger partial charge is 0.263 e. The van der Waals surface area contributed by atoms with Crippen LogP contribution in [0.4, 0.5) is 0 Å². The van der Waals surface area contributed by atoms with Crippen molar-refractivity contribution in [2.24, 2.45) is 0 Å². The molecule has 1 aliphatic rings. The number of hydrogen-bond acceptors (Lipinski definition) is 5. The monoisotopic (exact) mass is 428 g/mol. The Morgan fingerprint density at radius 2 is 1.93 bits per heavy atom. The number of benzene rings is 1. The van der Waals surface area contributed by atoms with E-state index in [0.29, 0.717) is 40.9 Å². The quantitative estimate of drug-likeness (QED) is 0.766. The maximum absolute atomic E-state index is 12.6. The molecular weight excluding hydrogens is 408 g/mol. The normalized spacial score (nSPS) is 16.9. The molecule has 0 bridgehead atoms. The molecule has 1 atom stereocenters. The van der Waals surface area contributed by atoms with Crippen molar-refractivity contribution in [3.05, 3.63) is 46.8 Å². The predicted molar refractivity (Wildman–Crippen MR) is 106 cm³/mol. The van der Waals surface area contributed by atoms with E-state index in [1.165, 1.54) is 11.3 Å². The van der Waals surface area contributed by atoms with Crippen molar-refractivity contribution in [1.29, 1.82) is 0 Å². The highest BCUT2D eigenvalue weighted by Crippen LogP contribution is 2.20. The van der Waals surface area contributed by atoms with E-state index in [9.17, 15) is 13.2 Å². The van der Waals surface area contributed by atoms with Gasteiger partial charge in [-0.25, -0.2) is 13.1 Å². The minimum Gasteiger partial charge on any atom is -0.481 e. The molecule has 1 fully saturated rings. The number of nitrogens with one attached hydrogen (secondary N) is 1. The summed E-state index contributed by atoms with van der Waals surface area (Å²) in [4.78, 5) is 14.3. The van der Waals surface area contributed by atoms with Gasteiger partial charge in [-0.15, -0.1) is 11.3 Å². The maximum atomic E-state index is 12.6. The van der Waals surface area contributed by atoms with Gasteiger partial charge in [-0.3, -0.25) is 4.79 Å². The Kier molecular flexibility index (Phi) is 6.41. The first-order chi connectivity index (χ1) is 12.8. The van der Waals surface area contributed by atoms with Gasteiger partial charge in [0.05, 0.1) is 0 Å². The molecule has 0 radical (unpaired) electrons. The summed E-state index contributed by atoms with van der Waals surface area (Å²) >= 11 is 7.04. The second-order valence-electron chi connectivity index (χ2n) is 6.37. The Balaban J connectivity index is 1.51. The van der Waals surface area contributed by atoms with Crippen LogP contribution >= 0.6 is 22.9 Å². The van der Waals surface area contributed by atoms with Crippen molar-refractivity contribution in [1.82, 2.24) is 9.62 Å². The minimum absolute atomic E-state index is 0.107. The molecule has 3 rings (SSSR count). The Morgan fingerprint density at radius 1 is 1.26 bits per heavy atom. The number of amides is 1. The van der Waals surface area contributed by atoms with E-state index in [1.54, 1.807) is 53.6 Å². The lowest BCUT2D eigenvalue weighted by atomic mass is 10.1. The van der Waals surface area contributed by atoms with E-state index >= 15 is 0 Å². The number of thiophene rings is 1. The molecule has 2 aromatic rings. The molecule has 1 N–H and O–H groups in total. The number of piperidine rings is 1. The topological polar surface area (TPSA) is 75.7 Å². The first kappa shape index (κ1) is 20.1. The molecule has 1 saturated heterocycles. The van der Waals surface area contributed by atoms with Gasteiger partial charge in [0.25, 0.3) is 5.91 Å². The fourth-order valence-corrected chi connectivity index (χ4v) is 5.38. The predicted octanol–water partition coefficient (Wildman–Crippen LogP) is 3.14. The third kappa shape index (κ3) is 5.22. The number of nitrogens with zero attached hydrogens (tertiary/aromatic N) is 1. The Morgan fingerprint density at radius 3 is 2.52 bits per heavy atom. The summed E-state index contributed by atoms with van der Waals surface area (Å²) in [5.74, 6) is 0.475. The Hall–Kier alpha value is -1.61. The fraction of sp³-hybridized carbons (Fsp3) is 0.389. The molecule has 0 saturated carbocycles. The van der Waals surface area contributed by atoms with Gasteiger partial charge in [-0.05, 0) is 55.5 Å². The van der Waals surface area contributed by atoms with Crippen molar-refractivity contribution in [2.45, 2.75) is 36.1 Å². The molecule has 27 heavy (non-hydrogen) atoms. The standard InChI is InChI=1S/C18H21ClN2O4S2/c1-13(25-16-6-4-14(19)5-7-16)18(22)21-10-8-15(9-11-21)20-27(23,24)17-3-2-12-26-17/h2-7,12-13,15,20H,8-11H2,1H3. The zero-order valence-corrected chi connectivity index (χ0v) is 17.2. The lowest BCUT2D eigenvalue weighted by Gasteiger charge is -2.33. The van der Waals surface area contributed by atoms with Gasteiger partial charge in [0, 0.05) is 24.2 Å². The lowest BCUT2D eigenvalue weighted by molar-refractivity contribution is -0.139. The molecule has 9 heteroatoms. The van der Waals surface area contributed by atoms with Crippen LogP contribution in [0.5, 0.6) is 5.75 Å². The van der Waals surface area contributed by atoms with Crippen molar-refractivity contribution in [3.8, 4) is 5.75 Å². The van der Waals surface area contributed by atoms with Crippen LogP contribution in [0.15, 0.2) is 46.0 Å². The van der Waals surface area contributed by atoms with Gasteiger partial charge in [0.2, 0.25) is 10.0 Å². The van der Waals surface area contributed by atoms with Crippen molar-refractivity contribution in [3.63, 3.8) is 0 Å². The lowest BCUT2D eigenvalue weighted by Crippen LogP contribution is -2.49. The van der Waals surface area contributed by atoms with Crippen LogP contribution in [-0.2, 0) is 14.8 Å². The van der Waals surface area contributed by atoms with Crippen LogP contribution < -0.4 is 9.46 Å². The average molecular weight is 429 g/mol. The molecule has 6 nitrogen and oxygen atoms in total. The van der Waals surface area contributed by atoms with Crippen LogP contribution in [0.2, 0.25) is 5.02 Å². The first-order valence-electron chi connectivity index (χ1n) is 8.62. The van der Waals surface area contributed by atoms with E-state index < -0.39 is 16.1 Å². The first-order valence-corrected chi connectivity index (χ1v) is 11.4. The zero-order valence-electron chi connectivity index (χ0n) is 14.8. The van der Waals surface area contributed by atoms with Gasteiger partial charge in [0.15, 0.2) is 6.10 Å². The summed E-state index contributed by atoms with van der Waals surface area (Å²) in [6.45, 7) is 2.69. The number of likely N-dealkylation sites (tertiary alicyclic amines) is 1. The molecule has 1 amide bonds. The summed E-state index contributed by atoms with van der Waals surface area (Å²) in [6.07, 6.45) is 0.527. The van der Waals surface area contributed by atoms with Gasteiger partial charge in [-0.1, -0.05) is 17.7 Å². The largest absolute Gasteiger partial charge is 0.481 e. The number of ether oxygens (including phenoxy) is 1. The third-order valence-electron chi connectivity index (χ3n) is 4.36. The number of halogens is 1. The number of carbonyl (C=O) groups is 1. The van der Waals surface area contributed by atoms with Crippen LogP contribution in [-0.4, -0.2) is 44.5 Å². The molecule has 0 aliphatic carbocycles. The highest BCUT2D eigenvalue weighted by Gasteiger charge is 2.29. The van der Waals surface area contributed by atoms with Gasteiger partial charge >= 0.3 is 0 Å². The van der Waals surface area contributed by atoms with E-state index in [-0.39, 0.29) is 11.9 Å². The number of rotatable bonds is 6. The van der Waals surface area contributed by atoms with Crippen LogP contribution in [0.25, 0.3) is 0 Å². The minimum atomic E-state index is -3.49. The Bertz CT molecular complexity index is 861. The van der Waals surface area contributed by atoms with Crippen molar-refractivity contribution in [2.75, 3.05) is 13.1 Å². The molecule has 1 aromatic heterocycles. The molecule has 146 valence electrons. The summed E-state index contributed by atoms with van der Waals surface area (Å²) in [5.41, 5.74) is 0. The third-order valence-corrected chi connectivity index (χ3v) is 7.53. The number of sulfonamides is 1. The maximum Gasteiger partial charge on any atom is 0.263 e. The van der Waals surface area contributed by atoms with Crippen molar-refractivity contribution >= 4 is 38.9 Å². The SMILES string of the molecule is CC(Oc1ccc(Cl)cc1)C(=O)N1CCC(NS(=O)(=O)c2cccs2)CC1. The van der Waals surface area contributed by atoms with Gasteiger partial charge in [-0.2, -0.15) is 0 Å². The highest BCUT2D eigenvalue weighted by molar-refractivity contribution is 7.91. The zero-order chi connectivity index (χ0) is 19.4. The molecule has 0 spiro atoms. The highest BCUT2D eigenvalue weighted by atomic mass is 35.5. The molecular formula is C18H21ClN2O4S2. The summed E-state index contributed by atoms with van der Waals surface area (Å²) in [6, 6.07) is 9.98. The number of carbonyl (C=O) groups excluding carboxylic acids is 1. The van der Waals surface area contributed by atoms with E-state index in [0.717, 1.165) is 0 Å². The molecule has 1 unspecified atom stereocenters. The molecule has 1 aromatic carbocycles. The summed E-state index contributed by atoms with van der Waals surface area (Å²) in [7, 11) is -3.49.